The number of para-hydroxylation sites is 1. The van der Waals surface area contributed by atoms with Crippen LogP contribution in [0.4, 0.5) is 5.69 Å². The van der Waals surface area contributed by atoms with Crippen LogP contribution < -0.4 is 10.6 Å². The minimum absolute atomic E-state index is 0.238. The van der Waals surface area contributed by atoms with Crippen LogP contribution in [0.5, 0.6) is 0 Å². The number of carbonyl (C=O) groups excluding carboxylic acids is 2. The smallest absolute Gasteiger partial charge is 0.276 e. The first kappa shape index (κ1) is 19.6. The second-order valence-corrected chi connectivity index (χ2v) is 6.29. The average Bonchev–Trinajstić information content (AvgIpc) is 3.19. The minimum Gasteiger partial charge on any atom is -0.383 e. The standard InChI is InChI=1S/C20H19ClN4O3/c1-28-12-10-22-19(26)16-8-7-14(13-17(16)21)23-20(27)18-9-11-25(24-18)15-5-3-2-4-6-15/h2-9,11,13H,10,12H2,1H3,(H,22,26)(H,23,27). The van der Waals surface area contributed by atoms with Crippen molar-refractivity contribution < 1.29 is 14.3 Å². The summed E-state index contributed by atoms with van der Waals surface area (Å²) in [4.78, 5) is 24.5. The fourth-order valence-electron chi connectivity index (χ4n) is 2.50. The number of amides is 2. The van der Waals surface area contributed by atoms with Gasteiger partial charge in [-0.3, -0.25) is 9.59 Å². The zero-order valence-corrected chi connectivity index (χ0v) is 15.9. The van der Waals surface area contributed by atoms with Crippen LogP contribution in [-0.2, 0) is 4.74 Å². The van der Waals surface area contributed by atoms with E-state index in [1.165, 1.54) is 6.07 Å². The van der Waals surface area contributed by atoms with Crippen molar-refractivity contribution in [2.45, 2.75) is 0 Å². The lowest BCUT2D eigenvalue weighted by atomic mass is 10.2. The van der Waals surface area contributed by atoms with Crippen LogP contribution in [0.25, 0.3) is 5.69 Å². The first-order chi connectivity index (χ1) is 13.6. The van der Waals surface area contributed by atoms with E-state index in [-0.39, 0.29) is 22.5 Å². The lowest BCUT2D eigenvalue weighted by Crippen LogP contribution is -2.27. The zero-order chi connectivity index (χ0) is 19.9. The van der Waals surface area contributed by atoms with Gasteiger partial charge in [-0.05, 0) is 36.4 Å². The van der Waals surface area contributed by atoms with Crippen LogP contribution >= 0.6 is 11.6 Å². The molecule has 0 unspecified atom stereocenters. The number of hydrogen-bond acceptors (Lipinski definition) is 4. The van der Waals surface area contributed by atoms with E-state index in [9.17, 15) is 9.59 Å². The highest BCUT2D eigenvalue weighted by atomic mass is 35.5. The quantitative estimate of drug-likeness (QED) is 0.599. The first-order valence-electron chi connectivity index (χ1n) is 8.57. The van der Waals surface area contributed by atoms with E-state index in [0.29, 0.717) is 24.4 Å². The molecule has 0 spiro atoms. The molecule has 0 aliphatic carbocycles. The molecule has 0 aliphatic heterocycles. The number of methoxy groups -OCH3 is 1. The molecule has 3 aromatic rings. The van der Waals surface area contributed by atoms with Crippen molar-refractivity contribution in [3.05, 3.63) is 77.1 Å². The highest BCUT2D eigenvalue weighted by Crippen LogP contribution is 2.21. The number of anilines is 1. The highest BCUT2D eigenvalue weighted by Gasteiger charge is 2.14. The Hall–Kier alpha value is -3.16. The largest absolute Gasteiger partial charge is 0.383 e. The topological polar surface area (TPSA) is 85.3 Å². The average molecular weight is 399 g/mol. The van der Waals surface area contributed by atoms with Crippen molar-refractivity contribution in [1.82, 2.24) is 15.1 Å². The number of halogens is 1. The van der Waals surface area contributed by atoms with Gasteiger partial charge in [0.15, 0.2) is 5.69 Å². The van der Waals surface area contributed by atoms with Crippen molar-refractivity contribution in [3.8, 4) is 5.69 Å². The van der Waals surface area contributed by atoms with E-state index in [1.54, 1.807) is 36.2 Å². The second kappa shape index (κ2) is 9.16. The summed E-state index contributed by atoms with van der Waals surface area (Å²) in [6.45, 7) is 0.793. The summed E-state index contributed by atoms with van der Waals surface area (Å²) in [7, 11) is 1.56. The molecule has 2 aromatic carbocycles. The molecule has 0 fully saturated rings. The number of carbonyl (C=O) groups is 2. The molecule has 0 saturated carbocycles. The molecule has 28 heavy (non-hydrogen) atoms. The Morgan fingerprint density at radius 3 is 2.61 bits per heavy atom. The predicted molar refractivity (Wildman–Crippen MR) is 107 cm³/mol. The van der Waals surface area contributed by atoms with Crippen molar-refractivity contribution in [3.63, 3.8) is 0 Å². The zero-order valence-electron chi connectivity index (χ0n) is 15.2. The van der Waals surface area contributed by atoms with Gasteiger partial charge in [-0.15, -0.1) is 0 Å². The number of hydrogen-bond donors (Lipinski definition) is 2. The molecule has 1 aromatic heterocycles. The van der Waals surface area contributed by atoms with Gasteiger partial charge in [0.05, 0.1) is 22.9 Å². The Balaban J connectivity index is 1.67. The van der Waals surface area contributed by atoms with Gasteiger partial charge < -0.3 is 15.4 Å². The van der Waals surface area contributed by atoms with Gasteiger partial charge in [0.25, 0.3) is 11.8 Å². The van der Waals surface area contributed by atoms with Gasteiger partial charge in [0.1, 0.15) is 0 Å². The Kier molecular flexibility index (Phi) is 6.41. The third-order valence-electron chi connectivity index (χ3n) is 3.91. The van der Waals surface area contributed by atoms with Crippen LogP contribution in [0, 0.1) is 0 Å². The molecular weight excluding hydrogens is 380 g/mol. The fraction of sp³-hybridized carbons (Fsp3) is 0.150. The van der Waals surface area contributed by atoms with Gasteiger partial charge in [0.2, 0.25) is 0 Å². The molecule has 3 rings (SSSR count). The number of benzene rings is 2. The predicted octanol–water partition coefficient (Wildman–Crippen LogP) is 3.15. The summed E-state index contributed by atoms with van der Waals surface area (Å²) in [6.07, 6.45) is 1.71. The summed E-state index contributed by atoms with van der Waals surface area (Å²) in [5.41, 5.74) is 1.91. The number of ether oxygens (including phenoxy) is 1. The van der Waals surface area contributed by atoms with Crippen molar-refractivity contribution in [1.29, 1.82) is 0 Å². The monoisotopic (exact) mass is 398 g/mol. The molecule has 0 atom stereocenters. The van der Waals surface area contributed by atoms with E-state index in [0.717, 1.165) is 5.69 Å². The number of aromatic nitrogens is 2. The van der Waals surface area contributed by atoms with Gasteiger partial charge >= 0.3 is 0 Å². The molecular formula is C20H19ClN4O3. The van der Waals surface area contributed by atoms with Crippen LogP contribution in [0.15, 0.2) is 60.8 Å². The number of nitrogens with zero attached hydrogens (tertiary/aromatic N) is 2. The Morgan fingerprint density at radius 1 is 1.11 bits per heavy atom. The summed E-state index contributed by atoms with van der Waals surface area (Å²) in [6, 6.07) is 15.8. The van der Waals surface area contributed by atoms with Gasteiger partial charge in [-0.2, -0.15) is 5.10 Å². The van der Waals surface area contributed by atoms with Crippen molar-refractivity contribution >= 4 is 29.1 Å². The van der Waals surface area contributed by atoms with Crippen LogP contribution in [0.2, 0.25) is 5.02 Å². The maximum Gasteiger partial charge on any atom is 0.276 e. The normalized spacial score (nSPS) is 10.5. The fourth-order valence-corrected chi connectivity index (χ4v) is 2.77. The number of rotatable bonds is 7. The second-order valence-electron chi connectivity index (χ2n) is 5.88. The van der Waals surface area contributed by atoms with Crippen molar-refractivity contribution in [2.75, 3.05) is 25.6 Å². The third-order valence-corrected chi connectivity index (χ3v) is 4.22. The summed E-state index contributed by atoms with van der Waals surface area (Å²) in [5, 5.41) is 9.95. The van der Waals surface area contributed by atoms with E-state index >= 15 is 0 Å². The van der Waals surface area contributed by atoms with E-state index in [1.807, 2.05) is 30.3 Å². The first-order valence-corrected chi connectivity index (χ1v) is 8.95. The lowest BCUT2D eigenvalue weighted by molar-refractivity contribution is 0.0936. The van der Waals surface area contributed by atoms with Gasteiger partial charge in [-0.25, -0.2) is 4.68 Å². The molecule has 1 heterocycles. The molecule has 2 N–H and O–H groups in total. The molecule has 2 amide bonds. The molecule has 0 saturated heterocycles. The third kappa shape index (κ3) is 4.76. The Labute approximate surface area is 167 Å². The van der Waals surface area contributed by atoms with E-state index in [4.69, 9.17) is 16.3 Å². The van der Waals surface area contributed by atoms with Crippen LogP contribution in [-0.4, -0.2) is 41.9 Å². The molecule has 144 valence electrons. The van der Waals surface area contributed by atoms with Crippen molar-refractivity contribution in [2.24, 2.45) is 0 Å². The maximum atomic E-state index is 12.4. The molecule has 0 bridgehead atoms. The lowest BCUT2D eigenvalue weighted by Gasteiger charge is -2.09. The summed E-state index contributed by atoms with van der Waals surface area (Å²) < 4.78 is 6.51. The van der Waals surface area contributed by atoms with E-state index < -0.39 is 0 Å². The van der Waals surface area contributed by atoms with Gasteiger partial charge in [0, 0.05) is 25.5 Å². The van der Waals surface area contributed by atoms with Gasteiger partial charge in [-0.1, -0.05) is 29.8 Å². The SMILES string of the molecule is COCCNC(=O)c1ccc(NC(=O)c2ccn(-c3ccccc3)n2)cc1Cl. The molecule has 0 aliphatic rings. The number of nitrogens with one attached hydrogen (secondary N) is 2. The highest BCUT2D eigenvalue weighted by molar-refractivity contribution is 6.34. The summed E-state index contributed by atoms with van der Waals surface area (Å²) in [5.74, 6) is -0.676. The van der Waals surface area contributed by atoms with Crippen LogP contribution in [0.3, 0.4) is 0 Å². The maximum absolute atomic E-state index is 12.4. The summed E-state index contributed by atoms with van der Waals surface area (Å²) >= 11 is 6.19. The Bertz CT molecular complexity index is 973. The minimum atomic E-state index is -0.372. The molecule has 8 heteroatoms. The Morgan fingerprint density at radius 2 is 1.89 bits per heavy atom. The van der Waals surface area contributed by atoms with E-state index in [2.05, 4.69) is 15.7 Å². The molecule has 7 nitrogen and oxygen atoms in total. The molecule has 0 radical (unpaired) electrons. The van der Waals surface area contributed by atoms with Crippen LogP contribution in [0.1, 0.15) is 20.8 Å².